The lowest BCUT2D eigenvalue weighted by atomic mass is 10.2. The lowest BCUT2D eigenvalue weighted by molar-refractivity contribution is 0.578. The molecule has 0 unspecified atom stereocenters. The average molecular weight is 298 g/mol. The molecule has 0 spiro atoms. The summed E-state index contributed by atoms with van der Waals surface area (Å²) in [5.74, 6) is 0.302. The third-order valence-electron chi connectivity index (χ3n) is 1.98. The maximum atomic E-state index is 11.7. The Kier molecular flexibility index (Phi) is 4.97. The number of rotatable bonds is 5. The summed E-state index contributed by atoms with van der Waals surface area (Å²) in [6.07, 6.45) is 1.72. The van der Waals surface area contributed by atoms with E-state index in [-0.39, 0.29) is 21.7 Å². The topological polar surface area (TPSA) is 72.0 Å². The second kappa shape index (κ2) is 5.84. The fourth-order valence-corrected chi connectivity index (χ4v) is 2.94. The second-order valence-electron chi connectivity index (χ2n) is 3.93. The number of hydrogen-bond donors (Lipinski definition) is 1. The second-order valence-corrected chi connectivity index (χ2v) is 6.49. The molecule has 1 aromatic rings. The monoisotopic (exact) mass is 297 g/mol. The molecule has 0 saturated heterocycles. The van der Waals surface area contributed by atoms with E-state index >= 15 is 0 Å². The van der Waals surface area contributed by atoms with Crippen molar-refractivity contribution in [1.29, 1.82) is 0 Å². The number of hydrogen-bond acceptors (Lipinski definition) is 4. The van der Waals surface area contributed by atoms with Gasteiger partial charge in [0.15, 0.2) is 10.3 Å². The highest BCUT2D eigenvalue weighted by Gasteiger charge is 2.16. The molecule has 8 heteroatoms. The molecule has 0 radical (unpaired) electrons. The van der Waals surface area contributed by atoms with E-state index in [0.29, 0.717) is 12.3 Å². The minimum atomic E-state index is -3.47. The van der Waals surface area contributed by atoms with Crippen LogP contribution in [0.2, 0.25) is 10.3 Å². The van der Waals surface area contributed by atoms with Gasteiger partial charge in [-0.2, -0.15) is 0 Å². The maximum Gasteiger partial charge on any atom is 0.232 e. The molecular weight excluding hydrogens is 285 g/mol. The Labute approximate surface area is 111 Å². The van der Waals surface area contributed by atoms with Gasteiger partial charge in [-0.15, -0.1) is 0 Å². The fraction of sp³-hybridized carbons (Fsp3) is 0.556. The maximum absolute atomic E-state index is 11.7. The number of nitrogens with zero attached hydrogens (tertiary/aromatic N) is 2. The van der Waals surface area contributed by atoms with Crippen LogP contribution in [0.4, 0.5) is 5.69 Å². The number of sulfonamides is 1. The van der Waals surface area contributed by atoms with Crippen LogP contribution in [0.15, 0.2) is 6.33 Å². The first-order valence-corrected chi connectivity index (χ1v) is 7.39. The van der Waals surface area contributed by atoms with E-state index in [0.717, 1.165) is 6.33 Å². The minimum Gasteiger partial charge on any atom is -0.278 e. The smallest absolute Gasteiger partial charge is 0.232 e. The Balaban J connectivity index is 2.83. The molecule has 0 saturated carbocycles. The highest BCUT2D eigenvalue weighted by Crippen LogP contribution is 2.26. The molecular formula is C9H13Cl2N3O2S. The van der Waals surface area contributed by atoms with E-state index in [1.165, 1.54) is 0 Å². The Morgan fingerprint density at radius 2 is 1.82 bits per heavy atom. The Morgan fingerprint density at radius 1 is 1.29 bits per heavy atom. The summed E-state index contributed by atoms with van der Waals surface area (Å²) in [5, 5.41) is -0.0313. The van der Waals surface area contributed by atoms with Crippen molar-refractivity contribution in [3.8, 4) is 0 Å². The molecule has 0 amide bonds. The number of halogens is 2. The standard InChI is InChI=1S/C9H13Cl2N3O2S/c1-6(2)3-4-17(15,16)14-7-8(10)12-5-13-9(7)11/h5-6,14H,3-4H2,1-2H3. The highest BCUT2D eigenvalue weighted by atomic mass is 35.5. The highest BCUT2D eigenvalue weighted by molar-refractivity contribution is 7.92. The molecule has 1 aromatic heterocycles. The van der Waals surface area contributed by atoms with Gasteiger partial charge in [-0.25, -0.2) is 18.4 Å². The van der Waals surface area contributed by atoms with Gasteiger partial charge < -0.3 is 0 Å². The van der Waals surface area contributed by atoms with E-state index in [4.69, 9.17) is 23.2 Å². The van der Waals surface area contributed by atoms with Crippen molar-refractivity contribution in [3.63, 3.8) is 0 Å². The van der Waals surface area contributed by atoms with Gasteiger partial charge in [0.25, 0.3) is 0 Å². The van der Waals surface area contributed by atoms with Gasteiger partial charge in [-0.3, -0.25) is 4.72 Å². The van der Waals surface area contributed by atoms with Crippen LogP contribution in [0.25, 0.3) is 0 Å². The van der Waals surface area contributed by atoms with E-state index in [1.54, 1.807) is 0 Å². The molecule has 17 heavy (non-hydrogen) atoms. The number of aromatic nitrogens is 2. The predicted octanol–water partition coefficient (Wildman–Crippen LogP) is 2.57. The van der Waals surface area contributed by atoms with E-state index < -0.39 is 10.0 Å². The minimum absolute atomic E-state index is 0.00617. The van der Waals surface area contributed by atoms with Crippen molar-refractivity contribution in [2.75, 3.05) is 10.5 Å². The summed E-state index contributed by atoms with van der Waals surface area (Å²) >= 11 is 11.5. The molecule has 96 valence electrons. The van der Waals surface area contributed by atoms with Gasteiger partial charge in [0, 0.05) is 0 Å². The zero-order valence-electron chi connectivity index (χ0n) is 9.44. The molecule has 1 N–H and O–H groups in total. The van der Waals surface area contributed by atoms with Gasteiger partial charge in [-0.05, 0) is 12.3 Å². The number of anilines is 1. The first-order valence-electron chi connectivity index (χ1n) is 4.98. The van der Waals surface area contributed by atoms with Crippen molar-refractivity contribution in [2.45, 2.75) is 20.3 Å². The first kappa shape index (κ1) is 14.5. The lowest BCUT2D eigenvalue weighted by Crippen LogP contribution is -2.18. The van der Waals surface area contributed by atoms with Crippen LogP contribution in [-0.2, 0) is 10.0 Å². The Morgan fingerprint density at radius 3 is 2.29 bits per heavy atom. The van der Waals surface area contributed by atoms with E-state index in [2.05, 4.69) is 14.7 Å². The molecule has 0 aromatic carbocycles. The molecule has 0 aliphatic carbocycles. The third-order valence-corrected chi connectivity index (χ3v) is 3.84. The van der Waals surface area contributed by atoms with Crippen molar-refractivity contribution >= 4 is 38.9 Å². The molecule has 0 fully saturated rings. The summed E-state index contributed by atoms with van der Waals surface area (Å²) in [6, 6.07) is 0. The van der Waals surface area contributed by atoms with E-state index in [1.807, 2.05) is 13.8 Å². The van der Waals surface area contributed by atoms with Crippen LogP contribution in [0, 0.1) is 5.92 Å². The average Bonchev–Trinajstić information content (AvgIpc) is 2.21. The summed E-state index contributed by atoms with van der Waals surface area (Å²) in [7, 11) is -3.47. The van der Waals surface area contributed by atoms with Gasteiger partial charge in [0.1, 0.15) is 12.0 Å². The zero-order chi connectivity index (χ0) is 13.1. The van der Waals surface area contributed by atoms with Crippen LogP contribution >= 0.6 is 23.2 Å². The summed E-state index contributed by atoms with van der Waals surface area (Å²) in [5.41, 5.74) is 0.0274. The quantitative estimate of drug-likeness (QED) is 0.848. The summed E-state index contributed by atoms with van der Waals surface area (Å²) < 4.78 is 25.7. The van der Waals surface area contributed by atoms with Crippen LogP contribution in [-0.4, -0.2) is 24.1 Å². The molecule has 5 nitrogen and oxygen atoms in total. The van der Waals surface area contributed by atoms with Gasteiger partial charge >= 0.3 is 0 Å². The van der Waals surface area contributed by atoms with Crippen molar-refractivity contribution < 1.29 is 8.42 Å². The predicted molar refractivity (Wildman–Crippen MR) is 68.9 cm³/mol. The fourth-order valence-electron chi connectivity index (χ4n) is 1.03. The van der Waals surface area contributed by atoms with Crippen LogP contribution in [0.1, 0.15) is 20.3 Å². The third kappa shape index (κ3) is 4.65. The number of nitrogens with one attached hydrogen (secondary N) is 1. The molecule has 0 aliphatic heterocycles. The van der Waals surface area contributed by atoms with Crippen molar-refractivity contribution in [3.05, 3.63) is 16.6 Å². The molecule has 0 aliphatic rings. The first-order chi connectivity index (χ1) is 7.82. The normalized spacial score (nSPS) is 11.8. The zero-order valence-corrected chi connectivity index (χ0v) is 11.8. The van der Waals surface area contributed by atoms with Gasteiger partial charge in [0.2, 0.25) is 10.0 Å². The van der Waals surface area contributed by atoms with Gasteiger partial charge in [-0.1, -0.05) is 37.0 Å². The van der Waals surface area contributed by atoms with Crippen LogP contribution in [0.3, 0.4) is 0 Å². The molecule has 1 heterocycles. The Hall–Kier alpha value is -0.590. The lowest BCUT2D eigenvalue weighted by Gasteiger charge is -2.10. The van der Waals surface area contributed by atoms with E-state index in [9.17, 15) is 8.42 Å². The van der Waals surface area contributed by atoms with Crippen molar-refractivity contribution in [1.82, 2.24) is 9.97 Å². The van der Waals surface area contributed by atoms with Crippen LogP contribution in [0.5, 0.6) is 0 Å². The van der Waals surface area contributed by atoms with Crippen molar-refractivity contribution in [2.24, 2.45) is 5.92 Å². The van der Waals surface area contributed by atoms with Gasteiger partial charge in [0.05, 0.1) is 5.75 Å². The molecule has 1 rings (SSSR count). The summed E-state index contributed by atoms with van der Waals surface area (Å²) in [4.78, 5) is 7.32. The Bertz CT molecular complexity index is 471. The molecule has 0 atom stereocenters. The largest absolute Gasteiger partial charge is 0.278 e. The van der Waals surface area contributed by atoms with Crippen LogP contribution < -0.4 is 4.72 Å². The molecule has 0 bridgehead atoms. The SMILES string of the molecule is CC(C)CCS(=O)(=O)Nc1c(Cl)ncnc1Cl. The summed E-state index contributed by atoms with van der Waals surface area (Å²) in [6.45, 7) is 3.89.